The number of rotatable bonds is 4. The number of alkyl halides is 1. The van der Waals surface area contributed by atoms with Crippen LogP contribution in [0.2, 0.25) is 5.02 Å². The Bertz CT molecular complexity index is 618. The van der Waals surface area contributed by atoms with Crippen molar-refractivity contribution in [1.29, 1.82) is 0 Å². The number of hydrogen-bond donors (Lipinski definition) is 0. The van der Waals surface area contributed by atoms with E-state index in [2.05, 4.69) is 83.0 Å². The summed E-state index contributed by atoms with van der Waals surface area (Å²) in [5.74, 6) is 0. The average Bonchev–Trinajstić information content (AvgIpc) is 2.49. The van der Waals surface area contributed by atoms with Crippen molar-refractivity contribution in [2.75, 3.05) is 0 Å². The van der Waals surface area contributed by atoms with Gasteiger partial charge in [-0.1, -0.05) is 84.7 Å². The van der Waals surface area contributed by atoms with Crippen molar-refractivity contribution in [1.82, 2.24) is 0 Å². The fourth-order valence-electron chi connectivity index (χ4n) is 2.20. The van der Waals surface area contributed by atoms with Crippen LogP contribution in [0, 0.1) is 0 Å². The van der Waals surface area contributed by atoms with Crippen molar-refractivity contribution in [3.05, 3.63) is 68.7 Å². The van der Waals surface area contributed by atoms with E-state index in [-0.39, 0.29) is 10.2 Å². The highest BCUT2D eigenvalue weighted by atomic mass is 79.9. The Hall–Kier alpha value is -0.310. The molecule has 0 saturated carbocycles. The average molecular weight is 431 g/mol. The lowest BCUT2D eigenvalue weighted by Gasteiger charge is -2.24. The van der Waals surface area contributed by atoms with Crippen LogP contribution in [0.5, 0.6) is 0 Å². The Morgan fingerprint density at radius 2 is 1.71 bits per heavy atom. The number of benzene rings is 2. The molecule has 2 rings (SSSR count). The largest absolute Gasteiger partial charge is 0.0827 e. The quantitative estimate of drug-likeness (QED) is 0.447. The highest BCUT2D eigenvalue weighted by Gasteiger charge is 2.19. The van der Waals surface area contributed by atoms with Gasteiger partial charge in [0.25, 0.3) is 0 Å². The molecule has 0 N–H and O–H groups in total. The Morgan fingerprint density at radius 1 is 1.10 bits per heavy atom. The van der Waals surface area contributed by atoms with Gasteiger partial charge in [0.1, 0.15) is 0 Å². The predicted octanol–water partition coefficient (Wildman–Crippen LogP) is 7.27. The molecule has 2 aromatic carbocycles. The topological polar surface area (TPSA) is 0 Å². The summed E-state index contributed by atoms with van der Waals surface area (Å²) in [5.41, 5.74) is 3.88. The smallest absolute Gasteiger partial charge is 0.0659 e. The summed E-state index contributed by atoms with van der Waals surface area (Å²) in [6, 6.07) is 14.8. The van der Waals surface area contributed by atoms with Crippen molar-refractivity contribution < 1.29 is 0 Å². The lowest BCUT2D eigenvalue weighted by molar-refractivity contribution is 0.506. The summed E-state index contributed by atoms with van der Waals surface area (Å²) in [6.45, 7) is 6.78. The molecule has 2 aromatic rings. The van der Waals surface area contributed by atoms with E-state index >= 15 is 0 Å². The molecule has 0 aromatic heterocycles. The van der Waals surface area contributed by atoms with E-state index in [1.165, 1.54) is 11.1 Å². The van der Waals surface area contributed by atoms with Crippen molar-refractivity contribution in [3.8, 4) is 0 Å². The SMILES string of the molecule is CCC(C)(C)c1ccc(C(Br)c2cccc(Br)c2Cl)cc1. The summed E-state index contributed by atoms with van der Waals surface area (Å²) in [4.78, 5) is 0.0984. The minimum Gasteiger partial charge on any atom is -0.0827 e. The molecule has 0 fully saturated rings. The van der Waals surface area contributed by atoms with E-state index in [0.29, 0.717) is 0 Å². The molecule has 21 heavy (non-hydrogen) atoms. The third kappa shape index (κ3) is 3.72. The first kappa shape index (κ1) is 17.1. The Kier molecular flexibility index (Phi) is 5.56. The van der Waals surface area contributed by atoms with Crippen LogP contribution in [0.1, 0.15) is 48.7 Å². The minimum atomic E-state index is 0.0984. The van der Waals surface area contributed by atoms with Gasteiger partial charge in [-0.05, 0) is 50.5 Å². The van der Waals surface area contributed by atoms with Gasteiger partial charge >= 0.3 is 0 Å². The van der Waals surface area contributed by atoms with E-state index in [1.807, 2.05) is 12.1 Å². The van der Waals surface area contributed by atoms with Crippen molar-refractivity contribution in [2.24, 2.45) is 0 Å². The van der Waals surface area contributed by atoms with E-state index in [0.717, 1.165) is 21.5 Å². The lowest BCUT2D eigenvalue weighted by atomic mass is 9.82. The van der Waals surface area contributed by atoms with Gasteiger partial charge in [0, 0.05) is 4.47 Å². The van der Waals surface area contributed by atoms with Crippen LogP contribution in [0.15, 0.2) is 46.9 Å². The van der Waals surface area contributed by atoms with E-state index in [4.69, 9.17) is 11.6 Å². The van der Waals surface area contributed by atoms with Crippen LogP contribution in [0.25, 0.3) is 0 Å². The fraction of sp³-hybridized carbons (Fsp3) is 0.333. The second-order valence-corrected chi connectivity index (χ2v) is 8.01. The summed E-state index contributed by atoms with van der Waals surface area (Å²) in [6.07, 6.45) is 1.13. The zero-order chi connectivity index (χ0) is 15.6. The van der Waals surface area contributed by atoms with E-state index in [9.17, 15) is 0 Å². The van der Waals surface area contributed by atoms with Gasteiger partial charge in [-0.2, -0.15) is 0 Å². The first-order chi connectivity index (χ1) is 9.86. The molecule has 0 nitrogen and oxygen atoms in total. The highest BCUT2D eigenvalue weighted by molar-refractivity contribution is 9.10. The Morgan fingerprint density at radius 3 is 2.29 bits per heavy atom. The van der Waals surface area contributed by atoms with Gasteiger partial charge < -0.3 is 0 Å². The van der Waals surface area contributed by atoms with Gasteiger partial charge in [0.2, 0.25) is 0 Å². The molecular formula is C18H19Br2Cl. The summed E-state index contributed by atoms with van der Waals surface area (Å²) in [7, 11) is 0. The highest BCUT2D eigenvalue weighted by Crippen LogP contribution is 2.39. The Balaban J connectivity index is 2.32. The minimum absolute atomic E-state index is 0.0984. The van der Waals surface area contributed by atoms with Crippen LogP contribution >= 0.6 is 43.5 Å². The molecule has 112 valence electrons. The predicted molar refractivity (Wildman–Crippen MR) is 99.7 cm³/mol. The van der Waals surface area contributed by atoms with Gasteiger partial charge in [-0.15, -0.1) is 0 Å². The normalized spacial score (nSPS) is 13.2. The molecule has 0 heterocycles. The molecule has 1 atom stereocenters. The number of halogens is 3. The summed E-state index contributed by atoms with van der Waals surface area (Å²) in [5, 5.41) is 0.761. The molecule has 3 heteroatoms. The van der Waals surface area contributed by atoms with E-state index < -0.39 is 0 Å². The molecule has 0 aliphatic rings. The van der Waals surface area contributed by atoms with Gasteiger partial charge in [0.15, 0.2) is 0 Å². The lowest BCUT2D eigenvalue weighted by Crippen LogP contribution is -2.15. The van der Waals surface area contributed by atoms with Crippen LogP contribution in [-0.2, 0) is 5.41 Å². The number of hydrogen-bond acceptors (Lipinski definition) is 0. The van der Waals surface area contributed by atoms with Crippen molar-refractivity contribution in [3.63, 3.8) is 0 Å². The molecule has 0 radical (unpaired) electrons. The molecular weight excluding hydrogens is 411 g/mol. The van der Waals surface area contributed by atoms with Gasteiger partial charge in [-0.25, -0.2) is 0 Å². The standard InChI is InChI=1S/C18H19Br2Cl/c1-4-18(2,3)13-10-8-12(9-11-13)16(20)14-6-5-7-15(19)17(14)21/h5-11,16H,4H2,1-3H3. The molecule has 0 bridgehead atoms. The second-order valence-electron chi connectivity index (χ2n) is 5.87. The van der Waals surface area contributed by atoms with Crippen molar-refractivity contribution in [2.45, 2.75) is 37.4 Å². The summed E-state index contributed by atoms with van der Waals surface area (Å²) >= 11 is 13.6. The Labute approximate surface area is 149 Å². The molecule has 0 amide bonds. The third-order valence-corrected chi connectivity index (χ3v) is 6.46. The second kappa shape index (κ2) is 6.85. The van der Waals surface area contributed by atoms with Crippen LogP contribution in [-0.4, -0.2) is 0 Å². The van der Waals surface area contributed by atoms with Gasteiger partial charge in [-0.3, -0.25) is 0 Å². The molecule has 0 aliphatic carbocycles. The fourth-order valence-corrected chi connectivity index (χ4v) is 3.64. The molecule has 0 saturated heterocycles. The maximum absolute atomic E-state index is 6.39. The monoisotopic (exact) mass is 428 g/mol. The third-order valence-electron chi connectivity index (χ3n) is 4.12. The molecule has 1 unspecified atom stereocenters. The summed E-state index contributed by atoms with van der Waals surface area (Å²) < 4.78 is 0.926. The molecule has 0 spiro atoms. The van der Waals surface area contributed by atoms with Crippen LogP contribution in [0.4, 0.5) is 0 Å². The van der Waals surface area contributed by atoms with Crippen molar-refractivity contribution >= 4 is 43.5 Å². The van der Waals surface area contributed by atoms with E-state index in [1.54, 1.807) is 0 Å². The first-order valence-corrected chi connectivity index (χ1v) is 9.14. The zero-order valence-corrected chi connectivity index (χ0v) is 16.4. The van der Waals surface area contributed by atoms with Gasteiger partial charge in [0.05, 0.1) is 9.85 Å². The van der Waals surface area contributed by atoms with Crippen LogP contribution in [0.3, 0.4) is 0 Å². The van der Waals surface area contributed by atoms with Crippen LogP contribution < -0.4 is 0 Å². The molecule has 0 aliphatic heterocycles. The first-order valence-electron chi connectivity index (χ1n) is 7.05. The zero-order valence-electron chi connectivity index (χ0n) is 12.5. The maximum atomic E-state index is 6.39. The maximum Gasteiger partial charge on any atom is 0.0659 e.